The van der Waals surface area contributed by atoms with Crippen molar-refractivity contribution >= 4 is 11.9 Å². The van der Waals surface area contributed by atoms with E-state index < -0.39 is 6.10 Å². The minimum absolute atomic E-state index is 0.0690. The van der Waals surface area contributed by atoms with Crippen LogP contribution in [0.4, 0.5) is 0 Å². The van der Waals surface area contributed by atoms with Gasteiger partial charge in [-0.25, -0.2) is 0 Å². The van der Waals surface area contributed by atoms with Crippen molar-refractivity contribution in [3.05, 3.63) is 0 Å². The molecule has 0 aliphatic heterocycles. The Labute approximate surface area is 259 Å². The zero-order valence-corrected chi connectivity index (χ0v) is 27.8. The maximum absolute atomic E-state index is 12.1. The van der Waals surface area contributed by atoms with Crippen molar-refractivity contribution in [2.45, 2.75) is 180 Å². The van der Waals surface area contributed by atoms with Gasteiger partial charge in [0.05, 0.1) is 13.2 Å². The first-order chi connectivity index (χ1) is 20.6. The molecule has 0 saturated carbocycles. The van der Waals surface area contributed by atoms with Crippen molar-refractivity contribution in [3.63, 3.8) is 0 Å². The lowest BCUT2D eigenvalue weighted by molar-refractivity contribution is -0.159. The Bertz CT molecular complexity index is 574. The average Bonchev–Trinajstić information content (AvgIpc) is 2.98. The van der Waals surface area contributed by atoms with E-state index in [0.717, 1.165) is 32.2 Å². The Morgan fingerprint density at radius 1 is 0.619 bits per heavy atom. The summed E-state index contributed by atoms with van der Waals surface area (Å²) in [6.45, 7) is 5.41. The van der Waals surface area contributed by atoms with Gasteiger partial charge < -0.3 is 24.6 Å². The molecule has 7 nitrogen and oxygen atoms in total. The molecule has 0 aliphatic carbocycles. The molecule has 250 valence electrons. The predicted octanol–water partition coefficient (Wildman–Crippen LogP) is 8.79. The first-order valence-electron chi connectivity index (χ1n) is 17.8. The molecule has 0 fully saturated rings. The number of aliphatic hydroxyl groups excluding tert-OH is 1. The number of unbranched alkanes of at least 4 members (excludes halogenated alkanes) is 22. The summed E-state index contributed by atoms with van der Waals surface area (Å²) in [7, 11) is 0. The molecule has 0 aromatic heterocycles. The number of hydrogen-bond acceptors (Lipinski definition) is 6. The highest BCUT2D eigenvalue weighted by molar-refractivity contribution is 5.72. The van der Waals surface area contributed by atoms with E-state index in [1.54, 1.807) is 6.92 Å². The van der Waals surface area contributed by atoms with Crippen LogP contribution in [0.1, 0.15) is 174 Å². The largest absolute Gasteiger partial charge is 0.457 e. The Morgan fingerprint density at radius 2 is 1.07 bits per heavy atom. The number of ether oxygens (including phenoxy) is 3. The van der Waals surface area contributed by atoms with Crippen molar-refractivity contribution in [3.8, 4) is 0 Å². The number of nitrogens with one attached hydrogen (secondary N) is 1. The van der Waals surface area contributed by atoms with E-state index >= 15 is 0 Å². The lowest BCUT2D eigenvalue weighted by atomic mass is 10.0. The van der Waals surface area contributed by atoms with E-state index in [-0.39, 0.29) is 31.9 Å². The van der Waals surface area contributed by atoms with E-state index in [1.807, 2.05) is 0 Å². The molecule has 0 bridgehead atoms. The summed E-state index contributed by atoms with van der Waals surface area (Å²) in [6.07, 6.45) is 29.9. The number of carbonyl (C=O) groups is 2. The third kappa shape index (κ3) is 33.3. The second kappa shape index (κ2) is 34.3. The topological polar surface area (TPSA) is 94.1 Å². The molecule has 0 heterocycles. The quantitative estimate of drug-likeness (QED) is 0.0436. The van der Waals surface area contributed by atoms with E-state index in [0.29, 0.717) is 13.0 Å². The zero-order valence-electron chi connectivity index (χ0n) is 27.8. The SMILES string of the molecule is CCCCCCCCCCCCCCC(=O)O[C@H](CO)COCOCCCCCCCCCCCCCCNC(C)=O. The van der Waals surface area contributed by atoms with Crippen LogP contribution in [0.25, 0.3) is 0 Å². The van der Waals surface area contributed by atoms with Crippen molar-refractivity contribution in [1.29, 1.82) is 0 Å². The third-order valence-corrected chi connectivity index (χ3v) is 7.80. The van der Waals surface area contributed by atoms with Crippen LogP contribution in [-0.2, 0) is 23.8 Å². The van der Waals surface area contributed by atoms with Gasteiger partial charge in [0.25, 0.3) is 0 Å². The number of aliphatic hydroxyl groups is 1. The Balaban J connectivity index is 3.37. The molecule has 7 heteroatoms. The fraction of sp³-hybridized carbons (Fsp3) is 0.943. The highest BCUT2D eigenvalue weighted by Gasteiger charge is 2.13. The van der Waals surface area contributed by atoms with Crippen molar-refractivity contribution < 1.29 is 28.9 Å². The van der Waals surface area contributed by atoms with Gasteiger partial charge in [0.15, 0.2) is 0 Å². The number of carbonyl (C=O) groups excluding carboxylic acids is 2. The monoisotopic (exact) mass is 600 g/mol. The van der Waals surface area contributed by atoms with Crippen LogP contribution < -0.4 is 5.32 Å². The van der Waals surface area contributed by atoms with Crippen LogP contribution in [0.2, 0.25) is 0 Å². The smallest absolute Gasteiger partial charge is 0.306 e. The summed E-state index contributed by atoms with van der Waals surface area (Å²) < 4.78 is 16.4. The number of esters is 1. The van der Waals surface area contributed by atoms with Gasteiger partial charge in [-0.2, -0.15) is 0 Å². The highest BCUT2D eigenvalue weighted by atomic mass is 16.7. The minimum Gasteiger partial charge on any atom is -0.457 e. The van der Waals surface area contributed by atoms with Gasteiger partial charge in [-0.3, -0.25) is 9.59 Å². The highest BCUT2D eigenvalue weighted by Crippen LogP contribution is 2.14. The minimum atomic E-state index is -0.617. The van der Waals surface area contributed by atoms with Crippen molar-refractivity contribution in [2.24, 2.45) is 0 Å². The average molecular weight is 600 g/mol. The second-order valence-corrected chi connectivity index (χ2v) is 12.1. The lowest BCUT2D eigenvalue weighted by Gasteiger charge is -2.16. The van der Waals surface area contributed by atoms with Gasteiger partial charge in [0, 0.05) is 26.5 Å². The summed E-state index contributed by atoms with van der Waals surface area (Å²) in [6, 6.07) is 0. The molecule has 0 aliphatic rings. The molecule has 0 rings (SSSR count). The van der Waals surface area contributed by atoms with Crippen LogP contribution >= 0.6 is 0 Å². The number of amides is 1. The van der Waals surface area contributed by atoms with Crippen LogP contribution in [0, 0.1) is 0 Å². The Morgan fingerprint density at radius 3 is 1.55 bits per heavy atom. The van der Waals surface area contributed by atoms with Gasteiger partial charge in [0.1, 0.15) is 12.9 Å². The second-order valence-electron chi connectivity index (χ2n) is 12.1. The Kier molecular flexibility index (Phi) is 33.3. The summed E-state index contributed by atoms with van der Waals surface area (Å²) in [4.78, 5) is 22.9. The molecule has 1 atom stereocenters. The molecule has 0 saturated heterocycles. The van der Waals surface area contributed by atoms with E-state index in [4.69, 9.17) is 14.2 Å². The molecular formula is C35H69NO6. The van der Waals surface area contributed by atoms with Crippen LogP contribution in [0.3, 0.4) is 0 Å². The molecule has 0 aromatic carbocycles. The summed E-state index contributed by atoms with van der Waals surface area (Å²) in [5.41, 5.74) is 0. The van der Waals surface area contributed by atoms with Gasteiger partial charge in [-0.15, -0.1) is 0 Å². The standard InChI is InChI=1S/C35H69NO6/c1-3-4-5-6-7-8-9-12-15-18-21-24-27-35(39)42-34(30-37)31-41-32-40-29-26-23-20-17-14-11-10-13-16-19-22-25-28-36-33(2)38/h34,37H,3-32H2,1-2H3,(H,36,38)/t34-/m1/s1. The van der Waals surface area contributed by atoms with Crippen LogP contribution in [0.5, 0.6) is 0 Å². The fourth-order valence-electron chi connectivity index (χ4n) is 5.14. The molecular weight excluding hydrogens is 530 g/mol. The number of hydrogen-bond donors (Lipinski definition) is 2. The van der Waals surface area contributed by atoms with Gasteiger partial charge >= 0.3 is 5.97 Å². The molecule has 0 aromatic rings. The van der Waals surface area contributed by atoms with Gasteiger partial charge in [-0.1, -0.05) is 142 Å². The van der Waals surface area contributed by atoms with E-state index in [9.17, 15) is 14.7 Å². The maximum Gasteiger partial charge on any atom is 0.306 e. The van der Waals surface area contributed by atoms with Gasteiger partial charge in [-0.05, 0) is 19.3 Å². The molecule has 0 spiro atoms. The summed E-state index contributed by atoms with van der Waals surface area (Å²) in [5, 5.41) is 12.3. The van der Waals surface area contributed by atoms with Crippen molar-refractivity contribution in [1.82, 2.24) is 5.32 Å². The molecule has 0 radical (unpaired) electrons. The maximum atomic E-state index is 12.1. The van der Waals surface area contributed by atoms with Crippen LogP contribution in [0.15, 0.2) is 0 Å². The van der Waals surface area contributed by atoms with E-state index in [2.05, 4.69) is 12.2 Å². The lowest BCUT2D eigenvalue weighted by Crippen LogP contribution is -2.27. The van der Waals surface area contributed by atoms with Crippen molar-refractivity contribution in [2.75, 3.05) is 33.2 Å². The first kappa shape index (κ1) is 40.8. The van der Waals surface area contributed by atoms with Crippen LogP contribution in [-0.4, -0.2) is 56.2 Å². The predicted molar refractivity (Wildman–Crippen MR) is 174 cm³/mol. The summed E-state index contributed by atoms with van der Waals surface area (Å²) >= 11 is 0. The summed E-state index contributed by atoms with van der Waals surface area (Å²) in [5.74, 6) is -0.180. The molecule has 2 N–H and O–H groups in total. The van der Waals surface area contributed by atoms with Gasteiger partial charge in [0.2, 0.25) is 5.91 Å². The molecule has 0 unspecified atom stereocenters. The fourth-order valence-corrected chi connectivity index (χ4v) is 5.14. The third-order valence-electron chi connectivity index (χ3n) is 7.80. The first-order valence-corrected chi connectivity index (χ1v) is 17.8. The Hall–Kier alpha value is -1.18. The molecule has 1 amide bonds. The zero-order chi connectivity index (χ0) is 30.8. The number of rotatable bonds is 34. The molecule has 42 heavy (non-hydrogen) atoms. The van der Waals surface area contributed by atoms with E-state index in [1.165, 1.54) is 128 Å². The normalized spacial score (nSPS) is 12.0.